The van der Waals surface area contributed by atoms with Gasteiger partial charge < -0.3 is 19.7 Å². The standard InChI is InChI=1S/C18H30N2O3/c1-14-12-16(15(2)23-14)18(3,22)13-19-17(21)8-7-11-20-9-5-4-6-10-20/h12,22H,4-11,13H2,1-3H3,(H,19,21)/t18-/m0/s1. The zero-order valence-corrected chi connectivity index (χ0v) is 14.7. The van der Waals surface area contributed by atoms with Gasteiger partial charge in [0.1, 0.15) is 17.1 Å². The molecule has 0 aliphatic carbocycles. The van der Waals surface area contributed by atoms with Gasteiger partial charge in [-0.1, -0.05) is 6.42 Å². The summed E-state index contributed by atoms with van der Waals surface area (Å²) in [5, 5.41) is 13.4. The van der Waals surface area contributed by atoms with Crippen LogP contribution in [0.2, 0.25) is 0 Å². The lowest BCUT2D eigenvalue weighted by atomic mass is 9.96. The highest BCUT2D eigenvalue weighted by molar-refractivity contribution is 5.75. The fourth-order valence-electron chi connectivity index (χ4n) is 3.27. The number of aliphatic hydroxyl groups is 1. The second kappa shape index (κ2) is 7.97. The van der Waals surface area contributed by atoms with Crippen LogP contribution in [0.5, 0.6) is 0 Å². The number of hydrogen-bond acceptors (Lipinski definition) is 4. The van der Waals surface area contributed by atoms with E-state index in [-0.39, 0.29) is 12.5 Å². The van der Waals surface area contributed by atoms with E-state index in [0.717, 1.165) is 37.4 Å². The van der Waals surface area contributed by atoms with Crippen molar-refractivity contribution in [1.82, 2.24) is 10.2 Å². The number of piperidine rings is 1. The molecule has 0 unspecified atom stereocenters. The Labute approximate surface area is 139 Å². The summed E-state index contributed by atoms with van der Waals surface area (Å²) in [5.74, 6) is 1.47. The quantitative estimate of drug-likeness (QED) is 0.809. The summed E-state index contributed by atoms with van der Waals surface area (Å²) in [6.07, 6.45) is 5.27. The van der Waals surface area contributed by atoms with Crippen LogP contribution >= 0.6 is 0 Å². The predicted molar refractivity (Wildman–Crippen MR) is 90.3 cm³/mol. The lowest BCUT2D eigenvalue weighted by Gasteiger charge is -2.26. The largest absolute Gasteiger partial charge is 0.466 e. The van der Waals surface area contributed by atoms with Crippen molar-refractivity contribution in [2.45, 2.75) is 58.5 Å². The maximum Gasteiger partial charge on any atom is 0.220 e. The Morgan fingerprint density at radius 1 is 1.35 bits per heavy atom. The molecule has 0 spiro atoms. The van der Waals surface area contributed by atoms with Crippen molar-refractivity contribution in [2.75, 3.05) is 26.2 Å². The minimum Gasteiger partial charge on any atom is -0.466 e. The number of nitrogens with zero attached hydrogens (tertiary/aromatic N) is 1. The average molecular weight is 322 g/mol. The van der Waals surface area contributed by atoms with Crippen molar-refractivity contribution in [3.05, 3.63) is 23.2 Å². The van der Waals surface area contributed by atoms with Gasteiger partial charge in [0.05, 0.1) is 6.54 Å². The highest BCUT2D eigenvalue weighted by Gasteiger charge is 2.28. The third kappa shape index (κ3) is 5.36. The second-order valence-electron chi connectivity index (χ2n) is 6.88. The molecule has 2 heterocycles. The van der Waals surface area contributed by atoms with E-state index in [9.17, 15) is 9.90 Å². The Morgan fingerprint density at radius 2 is 2.04 bits per heavy atom. The molecule has 1 fully saturated rings. The van der Waals surface area contributed by atoms with E-state index in [1.54, 1.807) is 6.92 Å². The van der Waals surface area contributed by atoms with Crippen LogP contribution in [0.1, 0.15) is 56.1 Å². The van der Waals surface area contributed by atoms with Crippen LogP contribution in [0.15, 0.2) is 10.5 Å². The summed E-state index contributed by atoms with van der Waals surface area (Å²) >= 11 is 0. The number of aryl methyl sites for hydroxylation is 2. The van der Waals surface area contributed by atoms with Gasteiger partial charge >= 0.3 is 0 Å². The van der Waals surface area contributed by atoms with Crippen molar-refractivity contribution in [3.63, 3.8) is 0 Å². The van der Waals surface area contributed by atoms with Crippen molar-refractivity contribution < 1.29 is 14.3 Å². The number of carbonyl (C=O) groups excluding carboxylic acids is 1. The average Bonchev–Trinajstić information content (AvgIpc) is 2.86. The van der Waals surface area contributed by atoms with Crippen LogP contribution in [-0.2, 0) is 10.4 Å². The van der Waals surface area contributed by atoms with E-state index in [4.69, 9.17) is 4.42 Å². The molecule has 1 aromatic heterocycles. The normalized spacial score (nSPS) is 18.6. The van der Waals surface area contributed by atoms with E-state index < -0.39 is 5.60 Å². The Kier molecular flexibility index (Phi) is 6.25. The fourth-order valence-corrected chi connectivity index (χ4v) is 3.27. The minimum absolute atomic E-state index is 0.000143. The lowest BCUT2D eigenvalue weighted by molar-refractivity contribution is -0.122. The predicted octanol–water partition coefficient (Wildman–Crippen LogP) is 2.49. The molecule has 2 N–H and O–H groups in total. The molecule has 1 amide bonds. The first-order chi connectivity index (χ1) is 10.9. The number of rotatable bonds is 7. The van der Waals surface area contributed by atoms with Crippen LogP contribution in [-0.4, -0.2) is 42.1 Å². The Bertz CT molecular complexity index is 516. The van der Waals surface area contributed by atoms with Crippen molar-refractivity contribution >= 4 is 5.91 Å². The molecule has 1 aliphatic rings. The number of likely N-dealkylation sites (tertiary alicyclic amines) is 1. The van der Waals surface area contributed by atoms with Gasteiger partial charge in [-0.25, -0.2) is 0 Å². The molecule has 0 radical (unpaired) electrons. The molecule has 130 valence electrons. The van der Waals surface area contributed by atoms with E-state index in [2.05, 4.69) is 10.2 Å². The van der Waals surface area contributed by atoms with Crippen LogP contribution in [0.3, 0.4) is 0 Å². The van der Waals surface area contributed by atoms with Gasteiger partial charge in [0.15, 0.2) is 0 Å². The third-order valence-corrected chi connectivity index (χ3v) is 4.58. The highest BCUT2D eigenvalue weighted by atomic mass is 16.3. The molecule has 0 saturated carbocycles. The summed E-state index contributed by atoms with van der Waals surface area (Å²) in [6.45, 7) is 8.91. The van der Waals surface area contributed by atoms with Gasteiger partial charge in [0, 0.05) is 12.0 Å². The molecular weight excluding hydrogens is 292 g/mol. The summed E-state index contributed by atoms with van der Waals surface area (Å²) in [5.41, 5.74) is -0.367. The first-order valence-corrected chi connectivity index (χ1v) is 8.67. The van der Waals surface area contributed by atoms with Crippen LogP contribution in [0.25, 0.3) is 0 Å². The summed E-state index contributed by atoms with van der Waals surface area (Å²) in [6, 6.07) is 1.83. The maximum absolute atomic E-state index is 12.0. The van der Waals surface area contributed by atoms with Crippen LogP contribution < -0.4 is 5.32 Å². The third-order valence-electron chi connectivity index (χ3n) is 4.58. The molecule has 1 saturated heterocycles. The molecule has 23 heavy (non-hydrogen) atoms. The number of amides is 1. The van der Waals surface area contributed by atoms with Gasteiger partial charge in [0.25, 0.3) is 0 Å². The minimum atomic E-state index is -1.11. The van der Waals surface area contributed by atoms with Gasteiger partial charge in [-0.3, -0.25) is 4.79 Å². The molecule has 1 atom stereocenters. The van der Waals surface area contributed by atoms with Gasteiger partial charge in [-0.15, -0.1) is 0 Å². The highest BCUT2D eigenvalue weighted by Crippen LogP contribution is 2.26. The van der Waals surface area contributed by atoms with Gasteiger partial charge in [-0.05, 0) is 65.7 Å². The van der Waals surface area contributed by atoms with Crippen LogP contribution in [0.4, 0.5) is 0 Å². The first-order valence-electron chi connectivity index (χ1n) is 8.67. The topological polar surface area (TPSA) is 65.7 Å². The summed E-state index contributed by atoms with van der Waals surface area (Å²) in [7, 11) is 0. The lowest BCUT2D eigenvalue weighted by Crippen LogP contribution is -2.39. The van der Waals surface area contributed by atoms with Gasteiger partial charge in [0.2, 0.25) is 5.91 Å². The first kappa shape index (κ1) is 18.0. The smallest absolute Gasteiger partial charge is 0.220 e. The zero-order valence-electron chi connectivity index (χ0n) is 14.7. The van der Waals surface area contributed by atoms with Crippen LogP contribution in [0, 0.1) is 13.8 Å². The number of furan rings is 1. The van der Waals surface area contributed by atoms with E-state index in [1.165, 1.54) is 19.3 Å². The van der Waals surface area contributed by atoms with E-state index in [1.807, 2.05) is 19.9 Å². The van der Waals surface area contributed by atoms with Crippen molar-refractivity contribution in [1.29, 1.82) is 0 Å². The molecule has 0 aromatic carbocycles. The molecule has 1 aliphatic heterocycles. The molecule has 5 nitrogen and oxygen atoms in total. The maximum atomic E-state index is 12.0. The molecule has 2 rings (SSSR count). The Hall–Kier alpha value is -1.33. The summed E-state index contributed by atoms with van der Waals surface area (Å²) < 4.78 is 5.46. The number of nitrogens with one attached hydrogen (secondary N) is 1. The van der Waals surface area contributed by atoms with E-state index in [0.29, 0.717) is 12.2 Å². The molecule has 1 aromatic rings. The molecular formula is C18H30N2O3. The summed E-state index contributed by atoms with van der Waals surface area (Å²) in [4.78, 5) is 14.4. The Morgan fingerprint density at radius 3 is 2.65 bits per heavy atom. The molecule has 5 heteroatoms. The SMILES string of the molecule is Cc1cc([C@@](C)(O)CNC(=O)CCCN2CCCCC2)c(C)o1. The van der Waals surface area contributed by atoms with Gasteiger partial charge in [-0.2, -0.15) is 0 Å². The van der Waals surface area contributed by atoms with Crippen molar-refractivity contribution in [2.24, 2.45) is 0 Å². The molecule has 0 bridgehead atoms. The Balaban J connectivity index is 1.71. The zero-order chi connectivity index (χ0) is 16.9. The second-order valence-corrected chi connectivity index (χ2v) is 6.88. The number of hydrogen-bond donors (Lipinski definition) is 2. The van der Waals surface area contributed by atoms with E-state index >= 15 is 0 Å². The van der Waals surface area contributed by atoms with Crippen molar-refractivity contribution in [3.8, 4) is 0 Å². The monoisotopic (exact) mass is 322 g/mol. The number of carbonyl (C=O) groups is 1. The fraction of sp³-hybridized carbons (Fsp3) is 0.722.